The first-order valence-corrected chi connectivity index (χ1v) is 18.1. The second-order valence-corrected chi connectivity index (χ2v) is 14.5. The number of amides is 4. The lowest BCUT2D eigenvalue weighted by molar-refractivity contribution is -0.147. The Hall–Kier alpha value is -3.16. The SMILES string of the molecule is C#C/C=C\C(=C/C)C[C@@H](C)NC(=O)[C@H](C)[C@@H](OC)[C@@H]1CCCN1C(=O)C[C@@H](OC)[C@H]([C@@H](C)CC)N(C)C(=O)[C@@H](NC(=O)CC(C)C)C(C)C. The van der Waals surface area contributed by atoms with Gasteiger partial charge in [-0.3, -0.25) is 19.2 Å². The largest absolute Gasteiger partial charge is 0.379 e. The highest BCUT2D eigenvalue weighted by atomic mass is 16.5. The summed E-state index contributed by atoms with van der Waals surface area (Å²) in [5.74, 6) is 1.46. The van der Waals surface area contributed by atoms with E-state index in [2.05, 4.69) is 30.4 Å². The number of carbonyl (C=O) groups excluding carboxylic acids is 4. The van der Waals surface area contributed by atoms with Crippen LogP contribution in [0.2, 0.25) is 0 Å². The molecule has 0 aromatic heterocycles. The molecule has 0 spiro atoms. The topological polar surface area (TPSA) is 117 Å². The molecule has 49 heavy (non-hydrogen) atoms. The molecule has 10 heteroatoms. The van der Waals surface area contributed by atoms with Crippen LogP contribution in [0.15, 0.2) is 23.8 Å². The molecule has 0 unspecified atom stereocenters. The van der Waals surface area contributed by atoms with Crippen molar-refractivity contribution in [3.63, 3.8) is 0 Å². The molecule has 278 valence electrons. The number of rotatable bonds is 20. The van der Waals surface area contributed by atoms with E-state index in [-0.39, 0.29) is 59.9 Å². The minimum Gasteiger partial charge on any atom is -0.379 e. The lowest BCUT2D eigenvalue weighted by Gasteiger charge is -2.40. The Balaban J connectivity index is 3.17. The third-order valence-corrected chi connectivity index (χ3v) is 9.80. The van der Waals surface area contributed by atoms with Crippen LogP contribution < -0.4 is 10.6 Å². The van der Waals surface area contributed by atoms with Crippen molar-refractivity contribution in [3.05, 3.63) is 23.8 Å². The lowest BCUT2D eigenvalue weighted by Crippen LogP contribution is -2.57. The second kappa shape index (κ2) is 21.8. The van der Waals surface area contributed by atoms with Gasteiger partial charge in [-0.25, -0.2) is 0 Å². The molecule has 0 bridgehead atoms. The summed E-state index contributed by atoms with van der Waals surface area (Å²) in [6.07, 6.45) is 13.1. The van der Waals surface area contributed by atoms with Crippen molar-refractivity contribution in [2.24, 2.45) is 23.7 Å². The van der Waals surface area contributed by atoms with Gasteiger partial charge < -0.3 is 29.9 Å². The first kappa shape index (κ1) is 43.9. The summed E-state index contributed by atoms with van der Waals surface area (Å²) in [6.45, 7) is 18.2. The first-order valence-electron chi connectivity index (χ1n) is 18.1. The van der Waals surface area contributed by atoms with Gasteiger partial charge in [0.25, 0.3) is 0 Å². The molecular weight excluding hydrogens is 620 g/mol. The summed E-state index contributed by atoms with van der Waals surface area (Å²) in [5.41, 5.74) is 1.03. The van der Waals surface area contributed by atoms with Crippen LogP contribution in [-0.4, -0.2) is 97.6 Å². The van der Waals surface area contributed by atoms with E-state index >= 15 is 0 Å². The summed E-state index contributed by atoms with van der Waals surface area (Å²) in [6, 6.07) is -1.50. The van der Waals surface area contributed by atoms with Gasteiger partial charge in [0.05, 0.1) is 36.6 Å². The van der Waals surface area contributed by atoms with E-state index in [0.29, 0.717) is 25.8 Å². The number of nitrogens with one attached hydrogen (secondary N) is 2. The lowest BCUT2D eigenvalue weighted by atomic mass is 9.89. The Morgan fingerprint density at radius 3 is 2.16 bits per heavy atom. The van der Waals surface area contributed by atoms with Crippen LogP contribution in [0.1, 0.15) is 101 Å². The van der Waals surface area contributed by atoms with Crippen LogP contribution in [0.4, 0.5) is 0 Å². The average Bonchev–Trinajstić information content (AvgIpc) is 3.53. The molecule has 1 fully saturated rings. The number of hydrogen-bond donors (Lipinski definition) is 2. The summed E-state index contributed by atoms with van der Waals surface area (Å²) >= 11 is 0. The quantitative estimate of drug-likeness (QED) is 0.136. The number of carbonyl (C=O) groups is 4. The van der Waals surface area contributed by atoms with Gasteiger partial charge in [-0.2, -0.15) is 0 Å². The molecule has 1 saturated heterocycles. The van der Waals surface area contributed by atoms with E-state index in [9.17, 15) is 19.2 Å². The van der Waals surface area contributed by atoms with E-state index < -0.39 is 30.2 Å². The van der Waals surface area contributed by atoms with Gasteiger partial charge in [0.1, 0.15) is 6.04 Å². The second-order valence-electron chi connectivity index (χ2n) is 14.5. The Labute approximate surface area is 297 Å². The minimum atomic E-state index is -0.694. The van der Waals surface area contributed by atoms with Gasteiger partial charge in [-0.15, -0.1) is 6.42 Å². The zero-order valence-corrected chi connectivity index (χ0v) is 32.4. The molecule has 2 N–H and O–H groups in total. The van der Waals surface area contributed by atoms with Crippen LogP contribution in [0.25, 0.3) is 0 Å². The number of methoxy groups -OCH3 is 2. The fourth-order valence-corrected chi connectivity index (χ4v) is 6.86. The van der Waals surface area contributed by atoms with Crippen LogP contribution in [0.5, 0.6) is 0 Å². The molecule has 1 heterocycles. The third kappa shape index (κ3) is 13.2. The van der Waals surface area contributed by atoms with Gasteiger partial charge in [0.15, 0.2) is 0 Å². The number of terminal acetylenes is 1. The molecule has 0 aromatic carbocycles. The van der Waals surface area contributed by atoms with Gasteiger partial charge in [0.2, 0.25) is 23.6 Å². The van der Waals surface area contributed by atoms with Gasteiger partial charge in [0, 0.05) is 40.3 Å². The summed E-state index contributed by atoms with van der Waals surface area (Å²) < 4.78 is 11.9. The van der Waals surface area contributed by atoms with Crippen LogP contribution in [0, 0.1) is 36.0 Å². The molecule has 8 atom stereocenters. The molecular formula is C39H66N4O6. The van der Waals surface area contributed by atoms with Gasteiger partial charge >= 0.3 is 0 Å². The molecule has 1 aliphatic heterocycles. The van der Waals surface area contributed by atoms with Crippen molar-refractivity contribution in [3.8, 4) is 12.3 Å². The van der Waals surface area contributed by atoms with E-state index in [1.165, 1.54) is 0 Å². The minimum absolute atomic E-state index is 0.0165. The van der Waals surface area contributed by atoms with Crippen molar-refractivity contribution in [2.45, 2.75) is 137 Å². The number of nitrogens with zero attached hydrogens (tertiary/aromatic N) is 2. The molecule has 0 saturated carbocycles. The fourth-order valence-electron chi connectivity index (χ4n) is 6.86. The Morgan fingerprint density at radius 2 is 1.65 bits per heavy atom. The van der Waals surface area contributed by atoms with Crippen LogP contribution in [-0.2, 0) is 28.7 Å². The van der Waals surface area contributed by atoms with E-state index in [0.717, 1.165) is 18.4 Å². The zero-order valence-electron chi connectivity index (χ0n) is 32.4. The highest BCUT2D eigenvalue weighted by Crippen LogP contribution is 2.29. The highest BCUT2D eigenvalue weighted by Gasteiger charge is 2.42. The molecule has 0 radical (unpaired) electrons. The standard InChI is InChI=1S/C39H66N4O6/c1-14-17-19-30(16-3)23-28(9)40-38(46)29(10)37(49-13)31-20-18-21-43(31)34(45)24-32(48-12)36(27(8)15-2)42(11)39(47)35(26(6)7)41-33(44)22-25(4)5/h1,16-17,19,25-29,31-32,35-37H,15,18,20-24H2,2-13H3,(H,40,46)(H,41,44)/b19-17-,30-16+/t27-,28+,29+,31-,32+,35-,36-,37+/m0/s1. The van der Waals surface area contributed by atoms with E-state index in [1.54, 1.807) is 32.2 Å². The smallest absolute Gasteiger partial charge is 0.245 e. The van der Waals surface area contributed by atoms with Crippen molar-refractivity contribution in [1.29, 1.82) is 0 Å². The zero-order chi connectivity index (χ0) is 37.4. The Morgan fingerprint density at radius 1 is 1.00 bits per heavy atom. The van der Waals surface area contributed by atoms with Crippen molar-refractivity contribution in [1.82, 2.24) is 20.4 Å². The molecule has 1 rings (SSSR count). The Kier molecular flexibility index (Phi) is 19.5. The number of likely N-dealkylation sites (tertiary alicyclic amines) is 1. The van der Waals surface area contributed by atoms with Gasteiger partial charge in [-0.05, 0) is 62.5 Å². The Bertz CT molecular complexity index is 1170. The van der Waals surface area contributed by atoms with Crippen LogP contribution in [0.3, 0.4) is 0 Å². The molecule has 0 aromatic rings. The molecule has 1 aliphatic rings. The summed E-state index contributed by atoms with van der Waals surface area (Å²) in [5, 5.41) is 6.06. The maximum Gasteiger partial charge on any atom is 0.245 e. The molecule has 0 aliphatic carbocycles. The highest BCUT2D eigenvalue weighted by molar-refractivity contribution is 5.88. The molecule has 10 nitrogen and oxygen atoms in total. The van der Waals surface area contributed by atoms with Crippen LogP contribution >= 0.6 is 0 Å². The number of ether oxygens (including phenoxy) is 2. The van der Waals surface area contributed by atoms with E-state index in [4.69, 9.17) is 15.9 Å². The predicted molar refractivity (Wildman–Crippen MR) is 196 cm³/mol. The summed E-state index contributed by atoms with van der Waals surface area (Å²) in [7, 11) is 4.90. The maximum absolute atomic E-state index is 14.1. The normalized spacial score (nSPS) is 19.6. The fraction of sp³-hybridized carbons (Fsp3) is 0.744. The monoisotopic (exact) mass is 686 g/mol. The third-order valence-electron chi connectivity index (χ3n) is 9.80. The molecule has 4 amide bonds. The maximum atomic E-state index is 14.1. The first-order chi connectivity index (χ1) is 23.1. The van der Waals surface area contributed by atoms with E-state index in [1.807, 2.05) is 65.5 Å². The van der Waals surface area contributed by atoms with Crippen molar-refractivity contribution < 1.29 is 28.7 Å². The number of hydrogen-bond acceptors (Lipinski definition) is 6. The van der Waals surface area contributed by atoms with Crippen molar-refractivity contribution in [2.75, 3.05) is 27.8 Å². The summed E-state index contributed by atoms with van der Waals surface area (Å²) in [4.78, 5) is 57.6. The predicted octanol–water partition coefficient (Wildman–Crippen LogP) is 5.12. The van der Waals surface area contributed by atoms with Crippen molar-refractivity contribution >= 4 is 23.6 Å². The average molecular weight is 687 g/mol. The van der Waals surface area contributed by atoms with Gasteiger partial charge in [-0.1, -0.05) is 73.0 Å². The number of likely N-dealkylation sites (N-methyl/N-ethyl adjacent to an activating group) is 1. The number of allylic oxidation sites excluding steroid dienone is 3.